The fourth-order valence-corrected chi connectivity index (χ4v) is 11.3. The number of hydroxylamine groups is 10. The smallest absolute Gasteiger partial charge is 0.285 e. The summed E-state index contributed by atoms with van der Waals surface area (Å²) in [5.41, 5.74) is 1.56. The largest absolute Gasteiger partial charge is 0.394 e. The third-order valence-corrected chi connectivity index (χ3v) is 17.8. The van der Waals surface area contributed by atoms with Crippen LogP contribution in [0.4, 0.5) is 0 Å². The first-order chi connectivity index (χ1) is 56.8. The monoisotopic (exact) mass is 1660 g/mol. The molecule has 9 N–H and O–H groups in total. The summed E-state index contributed by atoms with van der Waals surface area (Å²) >= 11 is 0. The van der Waals surface area contributed by atoms with Gasteiger partial charge in [0.2, 0.25) is 0 Å². The van der Waals surface area contributed by atoms with E-state index >= 15 is 0 Å². The zero-order valence-electron chi connectivity index (χ0n) is 65.5. The summed E-state index contributed by atoms with van der Waals surface area (Å²) in [6.07, 6.45) is -8.26. The van der Waals surface area contributed by atoms with E-state index < -0.39 is 160 Å². The van der Waals surface area contributed by atoms with E-state index in [-0.39, 0.29) is 153 Å². The second-order valence-electron chi connectivity index (χ2n) is 28.1. The molecule has 8 unspecified atom stereocenters. The van der Waals surface area contributed by atoms with Gasteiger partial charge in [-0.3, -0.25) is 72.5 Å². The van der Waals surface area contributed by atoms with Crippen LogP contribution in [-0.2, 0) is 66.7 Å². The van der Waals surface area contributed by atoms with Crippen LogP contribution in [0.5, 0.6) is 0 Å². The van der Waals surface area contributed by atoms with Crippen molar-refractivity contribution >= 4 is 59.1 Å². The Morgan fingerprint density at radius 3 is 0.780 bits per heavy atom. The molecular formula is C80H101N5O33. The number of hydrogen-bond donors (Lipinski definition) is 9. The number of rotatable bonds is 52. The Kier molecular flexibility index (Phi) is 38.6. The Bertz CT molecular complexity index is 3870. The normalized spacial score (nSPS) is 16.4. The van der Waals surface area contributed by atoms with Crippen molar-refractivity contribution in [2.75, 3.05) is 145 Å². The number of aliphatic hydroxyl groups excluding tert-OH is 8. The molecule has 0 bridgehead atoms. The highest BCUT2D eigenvalue weighted by Gasteiger charge is 2.42. The fourth-order valence-electron chi connectivity index (χ4n) is 11.3. The predicted octanol–water partition coefficient (Wildman–Crippen LogP) is 1.44. The van der Waals surface area contributed by atoms with Gasteiger partial charge in [0, 0.05) is 13.2 Å². The maximum atomic E-state index is 13.2. The number of ether oxygens (including phenoxy) is 10. The number of nitrogens with zero attached hydrogens (tertiary/aromatic N) is 5. The van der Waals surface area contributed by atoms with Crippen LogP contribution in [0.1, 0.15) is 144 Å². The zero-order chi connectivity index (χ0) is 85.4. The van der Waals surface area contributed by atoms with Crippen molar-refractivity contribution < 1.29 is 161 Å². The highest BCUT2D eigenvalue weighted by Crippen LogP contribution is 2.28. The van der Waals surface area contributed by atoms with Gasteiger partial charge < -0.3 is 88.2 Å². The minimum Gasteiger partial charge on any atom is -0.394 e. The lowest BCUT2D eigenvalue weighted by Crippen LogP contribution is -2.41. The molecule has 38 heteroatoms. The van der Waals surface area contributed by atoms with Gasteiger partial charge in [-0.15, -0.1) is 25.3 Å². The van der Waals surface area contributed by atoms with Gasteiger partial charge in [-0.1, -0.05) is 88.4 Å². The van der Waals surface area contributed by atoms with Crippen molar-refractivity contribution in [2.45, 2.75) is 102 Å². The Hall–Kier alpha value is -9.12. The minimum absolute atomic E-state index is 0.000523. The Morgan fingerprint density at radius 1 is 0.254 bits per heavy atom. The average molecular weight is 1660 g/mol. The predicted molar refractivity (Wildman–Crippen MR) is 403 cm³/mol. The Labute approximate surface area is 678 Å². The Morgan fingerprint density at radius 2 is 0.483 bits per heavy atom. The number of carbonyl (C=O) groups excluding carboxylic acids is 10. The van der Waals surface area contributed by atoms with Gasteiger partial charge in [0.05, 0.1) is 161 Å². The summed E-state index contributed by atoms with van der Waals surface area (Å²) in [5, 5.41) is 89.1. The van der Waals surface area contributed by atoms with Crippen LogP contribution in [0.25, 0.3) is 0 Å². The van der Waals surface area contributed by atoms with Crippen LogP contribution < -0.4 is 0 Å². The molecule has 0 fully saturated rings. The number of carbonyl (C=O) groups is 10. The molecule has 0 saturated heterocycles. The van der Waals surface area contributed by atoms with Crippen LogP contribution in [0.3, 0.4) is 0 Å². The molecule has 8 atom stereocenters. The van der Waals surface area contributed by atoms with Gasteiger partial charge in [0.1, 0.15) is 87.5 Å². The molecule has 0 aliphatic carbocycles. The van der Waals surface area contributed by atoms with E-state index in [1.165, 1.54) is 60.7 Å². The van der Waals surface area contributed by atoms with E-state index in [4.69, 9.17) is 87.2 Å². The third kappa shape index (κ3) is 27.2. The number of fused-ring (bicyclic) bond motifs is 5. The summed E-state index contributed by atoms with van der Waals surface area (Å²) in [5.74, 6) is -6.13. The van der Waals surface area contributed by atoms with Crippen LogP contribution in [0.15, 0.2) is 121 Å². The average Bonchev–Trinajstić information content (AvgIpc) is 1.71. The van der Waals surface area contributed by atoms with Crippen molar-refractivity contribution in [3.63, 3.8) is 0 Å². The van der Waals surface area contributed by atoms with E-state index in [0.29, 0.717) is 45.3 Å². The molecule has 0 radical (unpaired) electrons. The van der Waals surface area contributed by atoms with E-state index in [1.54, 1.807) is 60.7 Å². The lowest BCUT2D eigenvalue weighted by Gasteiger charge is -2.26. The first-order valence-corrected chi connectivity index (χ1v) is 38.0. The molecule has 10 rings (SSSR count). The fraction of sp³-hybridized carbons (Fsp3) is 0.500. The highest BCUT2D eigenvalue weighted by atomic mass is 16.7. The van der Waals surface area contributed by atoms with Crippen molar-refractivity contribution in [1.29, 1.82) is 0 Å². The SMILES string of the molecule is CC(C)CCOCC(CO)OCC(O)COCC(COC(CO)CO)OCC(O)CO.CC(C)CCOCC(CON1C(=O)c2ccccc2C1=O)OCC(O)COCC(COC(CON1C(=O)c2ccccc2C1=O)CON1C(=O)c2ccccc2C1=O)OCC(O)CON1C(=O)c2ccccc2C1=O.O=C1c2ccccc2C(=O)N1O. The third-order valence-electron chi connectivity index (χ3n) is 17.8. The van der Waals surface area contributed by atoms with Crippen LogP contribution in [-0.4, -0.2) is 337 Å². The van der Waals surface area contributed by atoms with Crippen molar-refractivity contribution in [3.8, 4) is 0 Å². The van der Waals surface area contributed by atoms with Crippen molar-refractivity contribution in [2.24, 2.45) is 11.8 Å². The van der Waals surface area contributed by atoms with E-state index in [9.17, 15) is 73.5 Å². The quantitative estimate of drug-likeness (QED) is 0.0151. The molecule has 644 valence electrons. The summed E-state index contributed by atoms with van der Waals surface area (Å²) in [4.78, 5) is 149. The second-order valence-corrected chi connectivity index (χ2v) is 28.1. The molecule has 38 nitrogen and oxygen atoms in total. The van der Waals surface area contributed by atoms with Gasteiger partial charge in [0.15, 0.2) is 0 Å². The molecule has 10 amide bonds. The molecule has 5 aromatic carbocycles. The Balaban J connectivity index is 0.000000330. The van der Waals surface area contributed by atoms with E-state index in [2.05, 4.69) is 13.8 Å². The van der Waals surface area contributed by atoms with Gasteiger partial charge >= 0.3 is 0 Å². The second kappa shape index (κ2) is 48.2. The maximum Gasteiger partial charge on any atom is 0.285 e. The van der Waals surface area contributed by atoms with Gasteiger partial charge in [-0.25, -0.2) is 0 Å². The van der Waals surface area contributed by atoms with Crippen molar-refractivity contribution in [1.82, 2.24) is 25.3 Å². The number of aliphatic hydroxyl groups is 8. The number of amides is 10. The zero-order valence-corrected chi connectivity index (χ0v) is 65.5. The number of imide groups is 5. The van der Waals surface area contributed by atoms with Gasteiger partial charge in [-0.2, -0.15) is 0 Å². The van der Waals surface area contributed by atoms with Gasteiger partial charge in [0.25, 0.3) is 59.1 Å². The van der Waals surface area contributed by atoms with Gasteiger partial charge in [-0.05, 0) is 85.3 Å². The summed E-state index contributed by atoms with van der Waals surface area (Å²) in [6, 6.07) is 30.8. The van der Waals surface area contributed by atoms with Crippen LogP contribution in [0.2, 0.25) is 0 Å². The molecule has 5 aromatic rings. The molecule has 0 saturated carbocycles. The maximum absolute atomic E-state index is 13.2. The lowest BCUT2D eigenvalue weighted by molar-refractivity contribution is -0.182. The number of hydrogen-bond acceptors (Lipinski definition) is 33. The topological polar surface area (TPSA) is 498 Å². The standard InChI is InChI=1S/C52H54N4O19.C20H42O11.C8H5NO3/c1-31(2)19-20-67-25-35(28-73-54-47(61)39-13-5-6-14-40(39)48(54)62)70-22-32(57)21-68-26-34(69-23-33(58)24-72-53-45(59)37-11-3-4-12-38(37)46(53)60)27-71-36(29-74-55-49(63)41-15-7-8-16-42(41)50(55)64)30-75-56-51(65)43-17-9-10-18-44(43)52(56)66;1-15(2)3-4-27-12-19(8-24)29-11-17(26)9-28-13-20(30-10-16(25)5-21)14-31-18(6-22)7-23;10-7-5-3-1-2-4-6(5)8(11)9(7)12/h3-18,31-36,57-58H,19-30H2,1-2H3;15-26H,3-14H2,1-2H3;1-4,12H. The summed E-state index contributed by atoms with van der Waals surface area (Å²) in [7, 11) is 0. The molecule has 0 aromatic heterocycles. The first kappa shape index (κ1) is 94.4. The highest BCUT2D eigenvalue weighted by molar-refractivity contribution is 6.23. The van der Waals surface area contributed by atoms with Crippen LogP contribution in [0, 0.1) is 11.8 Å². The molecular weight excluding hydrogens is 1560 g/mol. The number of benzene rings is 5. The minimum atomic E-state index is -1.44. The van der Waals surface area contributed by atoms with E-state index in [0.717, 1.165) is 12.8 Å². The molecule has 0 spiro atoms. The molecule has 5 heterocycles. The van der Waals surface area contributed by atoms with Crippen molar-refractivity contribution in [3.05, 3.63) is 177 Å². The lowest BCUT2D eigenvalue weighted by atomic mass is 10.1. The summed E-state index contributed by atoms with van der Waals surface area (Å²) < 4.78 is 56.7. The van der Waals surface area contributed by atoms with E-state index in [1.807, 2.05) is 13.8 Å². The molecule has 5 aliphatic heterocycles. The van der Waals surface area contributed by atoms with Crippen LogP contribution >= 0.6 is 0 Å². The first-order valence-electron chi connectivity index (χ1n) is 38.0. The summed E-state index contributed by atoms with van der Waals surface area (Å²) in [6.45, 7) is 3.80. The molecule has 118 heavy (non-hydrogen) atoms. The molecule has 5 aliphatic rings.